The average Bonchev–Trinajstić information content (AvgIpc) is 2.83. The van der Waals surface area contributed by atoms with Crippen molar-refractivity contribution in [1.29, 1.82) is 0 Å². The van der Waals surface area contributed by atoms with Gasteiger partial charge in [-0.1, -0.05) is 15.9 Å². The highest BCUT2D eigenvalue weighted by atomic mass is 79.9. The van der Waals surface area contributed by atoms with E-state index in [4.69, 9.17) is 0 Å². The number of hydrogen-bond donors (Lipinski definition) is 0. The SMILES string of the molecule is O=C(Cc1ccsc1)N1CCCCC1CCBr. The van der Waals surface area contributed by atoms with Crippen LogP contribution >= 0.6 is 27.3 Å². The fourth-order valence-corrected chi connectivity index (χ4v) is 3.62. The highest BCUT2D eigenvalue weighted by molar-refractivity contribution is 9.09. The van der Waals surface area contributed by atoms with Gasteiger partial charge in [-0.05, 0) is 48.1 Å². The number of alkyl halides is 1. The van der Waals surface area contributed by atoms with Gasteiger partial charge in [-0.3, -0.25) is 4.79 Å². The first-order valence-corrected chi connectivity index (χ1v) is 8.24. The van der Waals surface area contributed by atoms with Crippen LogP contribution in [0.5, 0.6) is 0 Å². The zero-order chi connectivity index (χ0) is 12.1. The molecule has 0 bridgehead atoms. The second kappa shape index (κ2) is 6.55. The smallest absolute Gasteiger partial charge is 0.227 e. The number of rotatable bonds is 4. The molecule has 1 unspecified atom stereocenters. The van der Waals surface area contributed by atoms with Crippen molar-refractivity contribution in [3.8, 4) is 0 Å². The second-order valence-electron chi connectivity index (χ2n) is 4.52. The Morgan fingerprint density at radius 1 is 1.53 bits per heavy atom. The molecule has 1 aromatic rings. The molecule has 1 aromatic heterocycles. The third-order valence-electron chi connectivity index (χ3n) is 3.33. The zero-order valence-electron chi connectivity index (χ0n) is 9.90. The van der Waals surface area contributed by atoms with Gasteiger partial charge in [0, 0.05) is 17.9 Å². The lowest BCUT2D eigenvalue weighted by Gasteiger charge is -2.35. The first kappa shape index (κ1) is 13.1. The molecule has 0 spiro atoms. The highest BCUT2D eigenvalue weighted by Gasteiger charge is 2.25. The van der Waals surface area contributed by atoms with Crippen LogP contribution in [0, 0.1) is 0 Å². The fourth-order valence-electron chi connectivity index (χ4n) is 2.42. The van der Waals surface area contributed by atoms with Crippen molar-refractivity contribution >= 4 is 33.2 Å². The Morgan fingerprint density at radius 3 is 3.12 bits per heavy atom. The van der Waals surface area contributed by atoms with E-state index in [1.165, 1.54) is 12.8 Å². The first-order valence-electron chi connectivity index (χ1n) is 6.18. The van der Waals surface area contributed by atoms with E-state index in [2.05, 4.69) is 26.2 Å². The van der Waals surface area contributed by atoms with Crippen molar-refractivity contribution in [1.82, 2.24) is 4.90 Å². The van der Waals surface area contributed by atoms with Gasteiger partial charge in [-0.15, -0.1) is 0 Å². The Hall–Kier alpha value is -0.350. The van der Waals surface area contributed by atoms with Gasteiger partial charge in [-0.25, -0.2) is 0 Å². The van der Waals surface area contributed by atoms with E-state index in [1.807, 2.05) is 11.4 Å². The minimum absolute atomic E-state index is 0.300. The molecule has 17 heavy (non-hydrogen) atoms. The molecule has 1 atom stereocenters. The van der Waals surface area contributed by atoms with Crippen molar-refractivity contribution in [2.45, 2.75) is 38.1 Å². The molecule has 0 aromatic carbocycles. The Balaban J connectivity index is 1.96. The molecular weight excluding hydrogens is 298 g/mol. The van der Waals surface area contributed by atoms with Gasteiger partial charge >= 0.3 is 0 Å². The standard InChI is InChI=1S/C13H18BrNOS/c14-6-4-12-3-1-2-7-15(12)13(16)9-11-5-8-17-10-11/h5,8,10,12H,1-4,6-7,9H2. The Labute approximate surface area is 115 Å². The highest BCUT2D eigenvalue weighted by Crippen LogP contribution is 2.21. The molecule has 1 aliphatic rings. The van der Waals surface area contributed by atoms with Crippen molar-refractivity contribution in [3.63, 3.8) is 0 Å². The molecule has 1 fully saturated rings. The van der Waals surface area contributed by atoms with Crippen LogP contribution in [0.2, 0.25) is 0 Å². The van der Waals surface area contributed by atoms with E-state index >= 15 is 0 Å². The number of nitrogens with zero attached hydrogens (tertiary/aromatic N) is 1. The summed E-state index contributed by atoms with van der Waals surface area (Å²) >= 11 is 5.15. The summed E-state index contributed by atoms with van der Waals surface area (Å²) in [6.07, 6.45) is 5.24. The van der Waals surface area contributed by atoms with Gasteiger partial charge in [0.1, 0.15) is 0 Å². The maximum absolute atomic E-state index is 12.3. The monoisotopic (exact) mass is 315 g/mol. The predicted octanol–water partition coefficient (Wildman–Crippen LogP) is 3.46. The number of amides is 1. The summed E-state index contributed by atoms with van der Waals surface area (Å²) in [4.78, 5) is 14.4. The molecule has 2 heterocycles. The van der Waals surface area contributed by atoms with E-state index in [9.17, 15) is 4.79 Å². The maximum atomic E-state index is 12.3. The normalized spacial score (nSPS) is 20.5. The number of carbonyl (C=O) groups excluding carboxylic acids is 1. The van der Waals surface area contributed by atoms with E-state index in [1.54, 1.807) is 11.3 Å². The summed E-state index contributed by atoms with van der Waals surface area (Å²) in [6, 6.07) is 2.50. The fraction of sp³-hybridized carbons (Fsp3) is 0.615. The third kappa shape index (κ3) is 3.55. The van der Waals surface area contributed by atoms with E-state index in [0.29, 0.717) is 18.4 Å². The zero-order valence-corrected chi connectivity index (χ0v) is 12.3. The molecule has 2 rings (SSSR count). The summed E-state index contributed by atoms with van der Waals surface area (Å²) in [6.45, 7) is 0.945. The van der Waals surface area contributed by atoms with Crippen molar-refractivity contribution in [2.24, 2.45) is 0 Å². The predicted molar refractivity (Wildman–Crippen MR) is 75.8 cm³/mol. The lowest BCUT2D eigenvalue weighted by molar-refractivity contribution is -0.134. The third-order valence-corrected chi connectivity index (χ3v) is 4.52. The van der Waals surface area contributed by atoms with E-state index in [-0.39, 0.29) is 0 Å². The summed E-state index contributed by atoms with van der Waals surface area (Å²) in [5.41, 5.74) is 1.16. The average molecular weight is 316 g/mol. The summed E-state index contributed by atoms with van der Waals surface area (Å²) in [5, 5.41) is 5.09. The van der Waals surface area contributed by atoms with Crippen LogP contribution in [0.4, 0.5) is 0 Å². The van der Waals surface area contributed by atoms with E-state index < -0.39 is 0 Å². The number of likely N-dealkylation sites (tertiary alicyclic amines) is 1. The molecule has 1 amide bonds. The summed E-state index contributed by atoms with van der Waals surface area (Å²) in [5.74, 6) is 0.300. The molecule has 94 valence electrons. The number of carbonyl (C=O) groups is 1. The van der Waals surface area contributed by atoms with Gasteiger partial charge in [0.2, 0.25) is 5.91 Å². The van der Waals surface area contributed by atoms with Gasteiger partial charge in [0.15, 0.2) is 0 Å². The van der Waals surface area contributed by atoms with Crippen molar-refractivity contribution < 1.29 is 4.79 Å². The Kier molecular flexibility index (Phi) is 5.04. The van der Waals surface area contributed by atoms with Crippen LogP contribution in [0.25, 0.3) is 0 Å². The molecule has 1 aliphatic heterocycles. The molecule has 1 saturated heterocycles. The maximum Gasteiger partial charge on any atom is 0.227 e. The van der Waals surface area contributed by atoms with Crippen LogP contribution in [0.1, 0.15) is 31.2 Å². The largest absolute Gasteiger partial charge is 0.339 e. The topological polar surface area (TPSA) is 20.3 Å². The molecular formula is C13H18BrNOS. The van der Waals surface area contributed by atoms with Crippen LogP contribution < -0.4 is 0 Å². The van der Waals surface area contributed by atoms with Gasteiger partial charge in [0.25, 0.3) is 0 Å². The Morgan fingerprint density at radius 2 is 2.41 bits per heavy atom. The van der Waals surface area contributed by atoms with Crippen LogP contribution in [-0.4, -0.2) is 28.7 Å². The lowest BCUT2D eigenvalue weighted by atomic mass is 9.99. The molecule has 2 nitrogen and oxygen atoms in total. The first-order chi connectivity index (χ1) is 8.31. The second-order valence-corrected chi connectivity index (χ2v) is 6.10. The number of thiophene rings is 1. The van der Waals surface area contributed by atoms with Crippen molar-refractivity contribution in [3.05, 3.63) is 22.4 Å². The molecule has 4 heteroatoms. The van der Waals surface area contributed by atoms with Crippen LogP contribution in [0.3, 0.4) is 0 Å². The molecule has 0 N–H and O–H groups in total. The van der Waals surface area contributed by atoms with Crippen LogP contribution in [-0.2, 0) is 11.2 Å². The summed E-state index contributed by atoms with van der Waals surface area (Å²) in [7, 11) is 0. The van der Waals surface area contributed by atoms with Gasteiger partial charge in [-0.2, -0.15) is 11.3 Å². The number of hydrogen-bond acceptors (Lipinski definition) is 2. The number of halogens is 1. The Bertz CT molecular complexity index is 350. The minimum Gasteiger partial charge on any atom is -0.339 e. The quantitative estimate of drug-likeness (QED) is 0.779. The van der Waals surface area contributed by atoms with E-state index in [0.717, 1.165) is 30.3 Å². The summed E-state index contributed by atoms with van der Waals surface area (Å²) < 4.78 is 0. The molecule has 0 radical (unpaired) electrons. The molecule has 0 aliphatic carbocycles. The molecule has 0 saturated carbocycles. The van der Waals surface area contributed by atoms with Gasteiger partial charge < -0.3 is 4.90 Å². The lowest BCUT2D eigenvalue weighted by Crippen LogP contribution is -2.44. The van der Waals surface area contributed by atoms with Crippen molar-refractivity contribution in [2.75, 3.05) is 11.9 Å². The van der Waals surface area contributed by atoms with Gasteiger partial charge in [0.05, 0.1) is 6.42 Å². The van der Waals surface area contributed by atoms with Crippen LogP contribution in [0.15, 0.2) is 16.8 Å². The minimum atomic E-state index is 0.300. The number of piperidine rings is 1.